The van der Waals surface area contributed by atoms with Gasteiger partial charge in [0.15, 0.2) is 0 Å². The number of halogens is 4. The highest BCUT2D eigenvalue weighted by Crippen LogP contribution is 2.38. The normalized spacial score (nSPS) is 10.5. The summed E-state index contributed by atoms with van der Waals surface area (Å²) in [6.45, 7) is 0. The number of alkyl halides is 1. The molecule has 0 N–H and O–H groups in total. The van der Waals surface area contributed by atoms with E-state index < -0.39 is 10.7 Å². The van der Waals surface area contributed by atoms with Gasteiger partial charge in [0.1, 0.15) is 11.6 Å². The van der Waals surface area contributed by atoms with Gasteiger partial charge in [0.2, 0.25) is 5.75 Å². The van der Waals surface area contributed by atoms with Crippen LogP contribution in [0.1, 0.15) is 5.56 Å². The predicted molar refractivity (Wildman–Crippen MR) is 79.1 cm³/mol. The number of nitro groups is 1. The SMILES string of the molecule is O=[N+]([O-])c1cc(Cl)c(Cl)cc1Oc1cc(F)cc(CCl)c1. The Morgan fingerprint density at radius 3 is 2.43 bits per heavy atom. The van der Waals surface area contributed by atoms with Gasteiger partial charge in [-0.3, -0.25) is 10.1 Å². The zero-order valence-corrected chi connectivity index (χ0v) is 12.5. The van der Waals surface area contributed by atoms with E-state index in [0.717, 1.165) is 12.1 Å². The molecule has 0 bridgehead atoms. The van der Waals surface area contributed by atoms with Crippen molar-refractivity contribution in [3.8, 4) is 11.5 Å². The lowest BCUT2D eigenvalue weighted by Gasteiger charge is -2.09. The molecule has 8 heteroatoms. The minimum Gasteiger partial charge on any atom is -0.450 e. The number of hydrogen-bond acceptors (Lipinski definition) is 3. The molecule has 4 nitrogen and oxygen atoms in total. The molecule has 0 aromatic heterocycles. The predicted octanol–water partition coefficient (Wildman–Crippen LogP) is 5.57. The van der Waals surface area contributed by atoms with Crippen LogP contribution in [0.5, 0.6) is 11.5 Å². The number of ether oxygens (including phenoxy) is 1. The van der Waals surface area contributed by atoms with Gasteiger partial charge in [0.05, 0.1) is 15.0 Å². The molecule has 0 radical (unpaired) electrons. The van der Waals surface area contributed by atoms with E-state index in [4.69, 9.17) is 39.5 Å². The first kappa shape index (κ1) is 15.8. The smallest absolute Gasteiger partial charge is 0.313 e. The summed E-state index contributed by atoms with van der Waals surface area (Å²) in [5, 5.41) is 11.1. The van der Waals surface area contributed by atoms with Crippen LogP contribution in [-0.4, -0.2) is 4.92 Å². The third-order valence-corrected chi connectivity index (χ3v) is 3.54. The molecular formula is C13H7Cl3FNO3. The van der Waals surface area contributed by atoms with E-state index in [1.165, 1.54) is 18.2 Å². The molecule has 0 spiro atoms. The van der Waals surface area contributed by atoms with Gasteiger partial charge < -0.3 is 4.74 Å². The average molecular weight is 351 g/mol. The van der Waals surface area contributed by atoms with Gasteiger partial charge in [-0.25, -0.2) is 4.39 Å². The average Bonchev–Trinajstić information content (AvgIpc) is 2.41. The maximum atomic E-state index is 13.4. The summed E-state index contributed by atoms with van der Waals surface area (Å²) in [5.74, 6) is -0.545. The second kappa shape index (κ2) is 6.47. The van der Waals surface area contributed by atoms with Gasteiger partial charge in [-0.2, -0.15) is 0 Å². The molecule has 2 aromatic carbocycles. The molecule has 110 valence electrons. The number of nitro benzene ring substituents is 1. The Balaban J connectivity index is 2.46. The fourth-order valence-electron chi connectivity index (χ4n) is 1.63. The minimum atomic E-state index is -0.667. The van der Waals surface area contributed by atoms with Crippen molar-refractivity contribution < 1.29 is 14.1 Å². The second-order valence-corrected chi connectivity index (χ2v) is 5.10. The standard InChI is InChI=1S/C13H7Cl3FNO3/c14-6-7-1-8(17)3-9(2-7)21-13-5-11(16)10(15)4-12(13)18(19)20/h1-5H,6H2. The molecule has 0 aliphatic rings. The van der Waals surface area contributed by atoms with E-state index in [2.05, 4.69) is 0 Å². The van der Waals surface area contributed by atoms with E-state index in [0.29, 0.717) is 5.56 Å². The Labute approximate surface area is 134 Å². The zero-order valence-electron chi connectivity index (χ0n) is 10.3. The first-order valence-electron chi connectivity index (χ1n) is 5.57. The molecule has 0 heterocycles. The Morgan fingerprint density at radius 2 is 1.81 bits per heavy atom. The number of rotatable bonds is 4. The zero-order chi connectivity index (χ0) is 15.6. The molecule has 21 heavy (non-hydrogen) atoms. The van der Waals surface area contributed by atoms with Crippen molar-refractivity contribution in [2.75, 3.05) is 0 Å². The van der Waals surface area contributed by atoms with Gasteiger partial charge in [0, 0.05) is 24.1 Å². The summed E-state index contributed by atoms with van der Waals surface area (Å²) in [7, 11) is 0. The summed E-state index contributed by atoms with van der Waals surface area (Å²) < 4.78 is 18.7. The topological polar surface area (TPSA) is 52.4 Å². The number of nitrogens with zero attached hydrogens (tertiary/aromatic N) is 1. The van der Waals surface area contributed by atoms with Crippen molar-refractivity contribution in [3.05, 3.63) is 61.9 Å². The van der Waals surface area contributed by atoms with E-state index in [-0.39, 0.29) is 33.1 Å². The van der Waals surface area contributed by atoms with Gasteiger partial charge in [-0.15, -0.1) is 11.6 Å². The summed E-state index contributed by atoms with van der Waals surface area (Å²) in [6.07, 6.45) is 0. The fourth-order valence-corrected chi connectivity index (χ4v) is 2.09. The van der Waals surface area contributed by atoms with Crippen molar-refractivity contribution in [1.82, 2.24) is 0 Å². The third-order valence-electron chi connectivity index (χ3n) is 2.51. The summed E-state index contributed by atoms with van der Waals surface area (Å²) in [6, 6.07) is 6.07. The van der Waals surface area contributed by atoms with Crippen LogP contribution in [0.3, 0.4) is 0 Å². The lowest BCUT2D eigenvalue weighted by molar-refractivity contribution is -0.385. The van der Waals surface area contributed by atoms with Crippen molar-refractivity contribution >= 4 is 40.5 Å². The molecule has 0 fully saturated rings. The Kier molecular flexibility index (Phi) is 4.88. The Hall–Kier alpha value is -1.56. The maximum absolute atomic E-state index is 13.4. The molecule has 0 aliphatic heterocycles. The van der Waals surface area contributed by atoms with E-state index in [1.807, 2.05) is 0 Å². The monoisotopic (exact) mass is 349 g/mol. The molecule has 2 rings (SSSR count). The van der Waals surface area contributed by atoms with Crippen LogP contribution in [0.25, 0.3) is 0 Å². The quantitative estimate of drug-likeness (QED) is 0.411. The van der Waals surface area contributed by atoms with Crippen LogP contribution >= 0.6 is 34.8 Å². The van der Waals surface area contributed by atoms with Crippen LogP contribution in [0.2, 0.25) is 10.0 Å². The minimum absolute atomic E-state index is 0.0245. The van der Waals surface area contributed by atoms with E-state index >= 15 is 0 Å². The van der Waals surface area contributed by atoms with Crippen LogP contribution in [0.4, 0.5) is 10.1 Å². The fraction of sp³-hybridized carbons (Fsp3) is 0.0769. The third kappa shape index (κ3) is 3.75. The van der Waals surface area contributed by atoms with Gasteiger partial charge in [-0.05, 0) is 17.7 Å². The van der Waals surface area contributed by atoms with Crippen LogP contribution < -0.4 is 4.74 Å². The molecule has 0 atom stereocenters. The molecule has 2 aromatic rings. The lowest BCUT2D eigenvalue weighted by Crippen LogP contribution is -1.95. The molecule has 0 aliphatic carbocycles. The Bertz CT molecular complexity index is 709. The summed E-state index contributed by atoms with van der Waals surface area (Å²) in [5.41, 5.74) is 0.107. The molecular weight excluding hydrogens is 344 g/mol. The maximum Gasteiger partial charge on any atom is 0.313 e. The van der Waals surface area contributed by atoms with Crippen molar-refractivity contribution in [2.45, 2.75) is 5.88 Å². The highest BCUT2D eigenvalue weighted by atomic mass is 35.5. The summed E-state index contributed by atoms with van der Waals surface area (Å²) >= 11 is 17.2. The first-order valence-corrected chi connectivity index (χ1v) is 6.86. The highest BCUT2D eigenvalue weighted by Gasteiger charge is 2.19. The van der Waals surface area contributed by atoms with E-state index in [9.17, 15) is 14.5 Å². The highest BCUT2D eigenvalue weighted by molar-refractivity contribution is 6.42. The van der Waals surface area contributed by atoms with Crippen molar-refractivity contribution in [1.29, 1.82) is 0 Å². The Morgan fingerprint density at radius 1 is 1.14 bits per heavy atom. The first-order chi connectivity index (χ1) is 9.90. The van der Waals surface area contributed by atoms with Crippen molar-refractivity contribution in [3.63, 3.8) is 0 Å². The van der Waals surface area contributed by atoms with Crippen LogP contribution in [0.15, 0.2) is 30.3 Å². The summed E-state index contributed by atoms with van der Waals surface area (Å²) in [4.78, 5) is 10.3. The lowest BCUT2D eigenvalue weighted by atomic mass is 10.2. The van der Waals surface area contributed by atoms with Gasteiger partial charge in [-0.1, -0.05) is 23.2 Å². The van der Waals surface area contributed by atoms with Crippen molar-refractivity contribution in [2.24, 2.45) is 0 Å². The molecule has 0 amide bonds. The van der Waals surface area contributed by atoms with E-state index in [1.54, 1.807) is 0 Å². The largest absolute Gasteiger partial charge is 0.450 e. The van der Waals surface area contributed by atoms with Crippen LogP contribution in [-0.2, 0) is 5.88 Å². The van der Waals surface area contributed by atoms with Gasteiger partial charge >= 0.3 is 5.69 Å². The second-order valence-electron chi connectivity index (χ2n) is 4.02. The van der Waals surface area contributed by atoms with Crippen LogP contribution in [0, 0.1) is 15.9 Å². The van der Waals surface area contributed by atoms with Gasteiger partial charge in [0.25, 0.3) is 0 Å². The number of benzene rings is 2. The number of hydrogen-bond donors (Lipinski definition) is 0. The molecule has 0 unspecified atom stereocenters. The molecule has 0 saturated carbocycles. The molecule has 0 saturated heterocycles.